The van der Waals surface area contributed by atoms with Crippen LogP contribution in [-0.2, 0) is 47.4 Å². The average molecular weight is 929 g/mol. The third kappa shape index (κ3) is 7.43. The van der Waals surface area contributed by atoms with Crippen molar-refractivity contribution in [2.75, 3.05) is 11.0 Å². The van der Waals surface area contributed by atoms with Crippen LogP contribution in [0.2, 0.25) is 5.02 Å². The van der Waals surface area contributed by atoms with Crippen molar-refractivity contribution >= 4 is 55.2 Å². The molecule has 13 nitrogen and oxygen atoms in total. The fourth-order valence-corrected chi connectivity index (χ4v) is 9.46. The first-order valence-corrected chi connectivity index (χ1v) is 21.6. The molecule has 1 amide bonds. The maximum atomic E-state index is 15.5. The SMILES string of the molecule is Cn1nc(NS(C)(=O)=O)c2c(Cl)ccc(-n3c([C@H](Cc4cc(F)cc(F)c4)NC(=O)Cn4nc(C(F)F)c5c4C(F)(F)C4C[C@@H]54)nc4cc(-c5ccc(F)cc5CO)ccc4c3=O)c21. The molecule has 3 heterocycles. The number of aromatic nitrogens is 6. The average Bonchev–Trinajstić information content (AvgIpc) is 3.75. The lowest BCUT2D eigenvalue weighted by Crippen LogP contribution is -2.38. The van der Waals surface area contributed by atoms with E-state index in [1.54, 1.807) is 0 Å². The molecule has 3 atom stereocenters. The summed E-state index contributed by atoms with van der Waals surface area (Å²) in [6.07, 6.45) is -2.90. The molecule has 0 spiro atoms. The van der Waals surface area contributed by atoms with Gasteiger partial charge in [-0.15, -0.1) is 0 Å². The Balaban J connectivity index is 1.27. The van der Waals surface area contributed by atoms with Crippen molar-refractivity contribution in [3.63, 3.8) is 0 Å². The Kier molecular flexibility index (Phi) is 10.4. The van der Waals surface area contributed by atoms with E-state index in [9.17, 15) is 40.3 Å². The Morgan fingerprint density at radius 2 is 1.73 bits per heavy atom. The number of hydrogen-bond acceptors (Lipinski definition) is 8. The first-order chi connectivity index (χ1) is 30.2. The molecule has 2 aliphatic rings. The lowest BCUT2D eigenvalue weighted by molar-refractivity contribution is -0.123. The number of aliphatic hydroxyl groups excluding tert-OH is 1. The molecule has 4 aromatic carbocycles. The second kappa shape index (κ2) is 15.4. The van der Waals surface area contributed by atoms with Crippen LogP contribution in [0.3, 0.4) is 0 Å². The Bertz CT molecular complexity index is 3270. The van der Waals surface area contributed by atoms with Crippen LogP contribution in [0.25, 0.3) is 38.6 Å². The molecule has 1 fully saturated rings. The zero-order valence-corrected chi connectivity index (χ0v) is 34.8. The minimum Gasteiger partial charge on any atom is -0.392 e. The highest BCUT2D eigenvalue weighted by Crippen LogP contribution is 2.68. The number of nitrogens with one attached hydrogen (secondary N) is 2. The summed E-state index contributed by atoms with van der Waals surface area (Å²) in [5, 5.41) is 20.7. The number of nitrogens with zero attached hydrogens (tertiary/aromatic N) is 6. The number of rotatable bonds is 12. The van der Waals surface area contributed by atoms with Gasteiger partial charge in [0.2, 0.25) is 15.9 Å². The van der Waals surface area contributed by atoms with Crippen LogP contribution in [0.1, 0.15) is 58.7 Å². The Morgan fingerprint density at radius 1 is 1.00 bits per heavy atom. The van der Waals surface area contributed by atoms with E-state index in [1.807, 2.05) is 0 Å². The normalized spacial score (nSPS) is 16.9. The van der Waals surface area contributed by atoms with E-state index in [1.165, 1.54) is 48.1 Å². The first-order valence-electron chi connectivity index (χ1n) is 19.3. The van der Waals surface area contributed by atoms with E-state index in [2.05, 4.69) is 20.2 Å². The molecule has 64 heavy (non-hydrogen) atoms. The van der Waals surface area contributed by atoms with Crippen molar-refractivity contribution in [1.29, 1.82) is 0 Å². The fourth-order valence-electron chi connectivity index (χ4n) is 8.72. The number of aliphatic hydroxyl groups is 1. The van der Waals surface area contributed by atoms with Gasteiger partial charge in [-0.1, -0.05) is 23.7 Å². The van der Waals surface area contributed by atoms with Crippen molar-refractivity contribution < 1.29 is 49.1 Å². The van der Waals surface area contributed by atoms with E-state index in [4.69, 9.17) is 16.6 Å². The summed E-state index contributed by atoms with van der Waals surface area (Å²) in [6.45, 7) is -1.59. The van der Waals surface area contributed by atoms with Gasteiger partial charge < -0.3 is 10.4 Å². The number of hydrogen-bond donors (Lipinski definition) is 3. The highest BCUT2D eigenvalue weighted by atomic mass is 35.5. The van der Waals surface area contributed by atoms with E-state index >= 15 is 13.6 Å². The summed E-state index contributed by atoms with van der Waals surface area (Å²) < 4.78 is 133. The quantitative estimate of drug-likeness (QED) is 0.107. The Hall–Kier alpha value is -6.32. The monoisotopic (exact) mass is 928 g/mol. The molecule has 0 bridgehead atoms. The van der Waals surface area contributed by atoms with Crippen molar-refractivity contribution in [3.8, 4) is 16.8 Å². The molecule has 0 radical (unpaired) electrons. The van der Waals surface area contributed by atoms with Crippen LogP contribution in [-0.4, -0.2) is 54.8 Å². The number of alkyl halides is 4. The Labute approximate surface area is 362 Å². The van der Waals surface area contributed by atoms with E-state index in [0.717, 1.165) is 35.1 Å². The number of fused-ring (bicyclic) bond motifs is 5. The number of carbonyl (C=O) groups is 1. The minimum absolute atomic E-state index is 0.00516. The molecule has 7 aromatic rings. The van der Waals surface area contributed by atoms with Gasteiger partial charge in [-0.05, 0) is 83.1 Å². The number of benzene rings is 4. The van der Waals surface area contributed by atoms with Crippen LogP contribution < -0.4 is 15.6 Å². The van der Waals surface area contributed by atoms with E-state index in [0.29, 0.717) is 21.9 Å². The van der Waals surface area contributed by atoms with E-state index < -0.39 is 100 Å². The molecular formula is C42H32ClF7N8O5S. The predicted molar refractivity (Wildman–Crippen MR) is 219 cm³/mol. The molecule has 3 aromatic heterocycles. The van der Waals surface area contributed by atoms with Crippen molar-refractivity contribution in [3.05, 3.63) is 133 Å². The molecular weight excluding hydrogens is 897 g/mol. The van der Waals surface area contributed by atoms with Gasteiger partial charge in [0.05, 0.1) is 51.4 Å². The second-order valence-corrected chi connectivity index (χ2v) is 17.9. The lowest BCUT2D eigenvalue weighted by Gasteiger charge is -2.24. The topological polar surface area (TPSA) is 166 Å². The van der Waals surface area contributed by atoms with Crippen molar-refractivity contribution in [2.24, 2.45) is 13.0 Å². The molecule has 1 unspecified atom stereocenters. The van der Waals surface area contributed by atoms with Crippen molar-refractivity contribution in [2.45, 2.75) is 50.3 Å². The summed E-state index contributed by atoms with van der Waals surface area (Å²) >= 11 is 6.62. The number of sulfonamides is 1. The van der Waals surface area contributed by atoms with Gasteiger partial charge in [-0.2, -0.15) is 19.0 Å². The molecule has 22 heteroatoms. The van der Waals surface area contributed by atoms with Crippen LogP contribution >= 0.6 is 11.6 Å². The smallest absolute Gasteiger partial charge is 0.293 e. The van der Waals surface area contributed by atoms with Crippen LogP contribution in [0.4, 0.5) is 36.6 Å². The summed E-state index contributed by atoms with van der Waals surface area (Å²) in [7, 11) is -2.52. The van der Waals surface area contributed by atoms with Crippen LogP contribution in [0.5, 0.6) is 0 Å². The van der Waals surface area contributed by atoms with Gasteiger partial charge in [0.15, 0.2) is 5.82 Å². The first kappa shape index (κ1) is 43.0. The summed E-state index contributed by atoms with van der Waals surface area (Å²) in [6, 6.07) is 11.6. The van der Waals surface area contributed by atoms with E-state index in [-0.39, 0.29) is 67.3 Å². The fraction of sp³-hybridized carbons (Fsp3) is 0.262. The number of anilines is 1. The highest BCUT2D eigenvalue weighted by Gasteiger charge is 2.67. The molecule has 2 aliphatic carbocycles. The maximum Gasteiger partial charge on any atom is 0.293 e. The van der Waals surface area contributed by atoms with Gasteiger partial charge in [-0.3, -0.25) is 28.2 Å². The van der Waals surface area contributed by atoms with Gasteiger partial charge >= 0.3 is 0 Å². The number of amides is 1. The molecule has 1 saturated carbocycles. The number of aryl methyl sites for hydroxylation is 1. The zero-order valence-electron chi connectivity index (χ0n) is 33.2. The van der Waals surface area contributed by atoms with Gasteiger partial charge in [0.25, 0.3) is 17.9 Å². The summed E-state index contributed by atoms with van der Waals surface area (Å²) in [5.74, 6) is -9.98. The standard InChI is InChI=1S/C42H32ClF7N8O5S/c1-56-36-31(8-7-28(43)34(36)39(54-56)55-64(2,62)63)58-40(52-29-13-19(3-5-25(29)41(58)61)24-6-4-21(44)12-20(24)17-59)30(11-18-9-22(45)14-23(46)10-18)51-32(60)16-57-37-33(35(53-57)38(47)48)26-15-27(26)42(37,49)50/h3-10,12-14,26-27,30,38,59H,11,15-17H2,1-2H3,(H,51,60)(H,54,55)/t26-,27?,30+/m1/s1. The zero-order chi connectivity index (χ0) is 45.7. The molecule has 3 N–H and O–H groups in total. The molecule has 0 saturated heterocycles. The maximum absolute atomic E-state index is 15.5. The molecule has 9 rings (SSSR count). The van der Waals surface area contributed by atoms with Gasteiger partial charge in [-0.25, -0.2) is 35.4 Å². The molecule has 0 aliphatic heterocycles. The highest BCUT2D eigenvalue weighted by molar-refractivity contribution is 7.92. The molecule has 332 valence electrons. The Morgan fingerprint density at radius 3 is 2.42 bits per heavy atom. The predicted octanol–water partition coefficient (Wildman–Crippen LogP) is 7.32. The van der Waals surface area contributed by atoms with Gasteiger partial charge in [0, 0.05) is 31.0 Å². The van der Waals surface area contributed by atoms with Gasteiger partial charge in [0.1, 0.15) is 41.2 Å². The summed E-state index contributed by atoms with van der Waals surface area (Å²) in [5.41, 5.74) is -2.01. The third-order valence-electron chi connectivity index (χ3n) is 11.4. The number of carbonyl (C=O) groups excluding carboxylic acids is 1. The lowest BCUT2D eigenvalue weighted by atomic mass is 9.98. The van der Waals surface area contributed by atoms with Crippen LogP contribution in [0, 0.1) is 23.4 Å². The second-order valence-electron chi connectivity index (χ2n) is 15.7. The van der Waals surface area contributed by atoms with Crippen LogP contribution in [0.15, 0.2) is 71.5 Å². The van der Waals surface area contributed by atoms with Crippen molar-refractivity contribution in [1.82, 2.24) is 34.4 Å². The minimum atomic E-state index is -3.95. The third-order valence-corrected chi connectivity index (χ3v) is 12.2. The number of halogens is 8. The summed E-state index contributed by atoms with van der Waals surface area (Å²) in [4.78, 5) is 34.0. The largest absolute Gasteiger partial charge is 0.392 e.